The summed E-state index contributed by atoms with van der Waals surface area (Å²) < 4.78 is 33.3. The van der Waals surface area contributed by atoms with Gasteiger partial charge in [-0.1, -0.05) is 5.16 Å². The molecule has 11 nitrogen and oxygen atoms in total. The average molecular weight is 471 g/mol. The number of benzene rings is 1. The van der Waals surface area contributed by atoms with Crippen molar-refractivity contribution in [1.29, 1.82) is 0 Å². The van der Waals surface area contributed by atoms with Crippen LogP contribution in [-0.4, -0.2) is 60.2 Å². The lowest BCUT2D eigenvalue weighted by molar-refractivity contribution is 0.0985. The summed E-state index contributed by atoms with van der Waals surface area (Å²) in [5.41, 5.74) is 1.54. The first kappa shape index (κ1) is 22.4. The number of urea groups is 1. The molecule has 33 heavy (non-hydrogen) atoms. The van der Waals surface area contributed by atoms with Crippen LogP contribution in [0, 0.1) is 0 Å². The molecule has 2 aromatic heterocycles. The molecule has 3 aromatic rings. The minimum Gasteiger partial charge on any atom is -0.377 e. The molecule has 1 fully saturated rings. The molecule has 0 aliphatic carbocycles. The Kier molecular flexibility index (Phi) is 6.66. The molecule has 0 bridgehead atoms. The van der Waals surface area contributed by atoms with Crippen molar-refractivity contribution in [1.82, 2.24) is 15.1 Å². The van der Waals surface area contributed by atoms with Gasteiger partial charge in [-0.3, -0.25) is 5.32 Å². The third kappa shape index (κ3) is 5.35. The summed E-state index contributed by atoms with van der Waals surface area (Å²) in [5.74, 6) is 1.30. The molecule has 1 aliphatic rings. The van der Waals surface area contributed by atoms with E-state index >= 15 is 0 Å². The molecular weight excluding hydrogens is 448 g/mol. The van der Waals surface area contributed by atoms with E-state index in [1.165, 1.54) is 19.3 Å². The number of carbonyl (C=O) groups is 1. The molecule has 172 valence electrons. The SMILES string of the molecule is CC(c1cc(N2CCOC[C@@H]2C)nc(-c2ccc(NC(=O)Nc3ccon3)cc2)n1)=S(=O)=O. The maximum Gasteiger partial charge on any atom is 0.324 e. The molecule has 1 saturated heterocycles. The third-order valence-corrected chi connectivity index (χ3v) is 5.77. The van der Waals surface area contributed by atoms with Gasteiger partial charge < -0.3 is 19.5 Å². The Morgan fingerprint density at radius 1 is 1.15 bits per heavy atom. The number of amides is 2. The lowest BCUT2D eigenvalue weighted by Crippen LogP contribution is -2.44. The predicted molar refractivity (Wildman–Crippen MR) is 123 cm³/mol. The number of aromatic nitrogens is 3. The van der Waals surface area contributed by atoms with Crippen molar-refractivity contribution in [2.75, 3.05) is 35.3 Å². The lowest BCUT2D eigenvalue weighted by atomic mass is 10.1. The van der Waals surface area contributed by atoms with Crippen LogP contribution in [0.2, 0.25) is 0 Å². The quantitative estimate of drug-likeness (QED) is 0.425. The number of hydrogen-bond acceptors (Lipinski definition) is 9. The van der Waals surface area contributed by atoms with Crippen LogP contribution in [0.4, 0.5) is 22.1 Å². The van der Waals surface area contributed by atoms with Crippen molar-refractivity contribution in [2.24, 2.45) is 0 Å². The highest BCUT2D eigenvalue weighted by atomic mass is 32.2. The lowest BCUT2D eigenvalue weighted by Gasteiger charge is -2.34. The van der Waals surface area contributed by atoms with E-state index in [4.69, 9.17) is 4.74 Å². The van der Waals surface area contributed by atoms with Crippen LogP contribution >= 0.6 is 0 Å². The van der Waals surface area contributed by atoms with Gasteiger partial charge in [-0.15, -0.1) is 0 Å². The van der Waals surface area contributed by atoms with E-state index in [9.17, 15) is 13.2 Å². The van der Waals surface area contributed by atoms with Crippen molar-refractivity contribution < 1.29 is 22.5 Å². The minimum absolute atomic E-state index is 0.0854. The van der Waals surface area contributed by atoms with Crippen molar-refractivity contribution in [2.45, 2.75) is 19.9 Å². The maximum absolute atomic E-state index is 12.1. The van der Waals surface area contributed by atoms with Crippen LogP contribution in [0.3, 0.4) is 0 Å². The molecule has 2 amide bonds. The minimum atomic E-state index is -2.41. The highest BCUT2D eigenvalue weighted by Gasteiger charge is 2.22. The topological polar surface area (TPSA) is 140 Å². The van der Waals surface area contributed by atoms with Crippen LogP contribution in [-0.2, 0) is 15.0 Å². The highest BCUT2D eigenvalue weighted by Crippen LogP contribution is 2.24. The summed E-state index contributed by atoms with van der Waals surface area (Å²) in [4.78, 5) is 23.4. The van der Waals surface area contributed by atoms with Crippen LogP contribution < -0.4 is 15.5 Å². The second kappa shape index (κ2) is 9.79. The molecule has 1 aromatic carbocycles. The van der Waals surface area contributed by atoms with Gasteiger partial charge in [0.1, 0.15) is 12.1 Å². The smallest absolute Gasteiger partial charge is 0.324 e. The molecule has 2 N–H and O–H groups in total. The first-order valence-corrected chi connectivity index (χ1v) is 11.2. The summed E-state index contributed by atoms with van der Waals surface area (Å²) >= 11 is 0. The molecule has 4 rings (SSSR count). The summed E-state index contributed by atoms with van der Waals surface area (Å²) in [6.45, 7) is 5.28. The van der Waals surface area contributed by atoms with Crippen molar-refractivity contribution in [3.63, 3.8) is 0 Å². The number of carbonyl (C=O) groups excluding carboxylic acids is 1. The highest BCUT2D eigenvalue weighted by molar-refractivity contribution is 7.73. The zero-order chi connectivity index (χ0) is 23.4. The number of anilines is 3. The standard InChI is InChI=1S/C21H22N6O5S/c1-13-12-31-10-8-27(13)19-11-17(14(2)33(29)30)23-20(25-19)15-3-5-16(6-4-15)22-21(28)24-18-7-9-32-26-18/h3-7,9,11,13H,8,10,12H2,1-2H3,(H2,22,24,26,28)/t13-/m0/s1. The van der Waals surface area contributed by atoms with E-state index in [1.807, 2.05) is 6.92 Å². The van der Waals surface area contributed by atoms with Crippen LogP contribution in [0.25, 0.3) is 11.4 Å². The van der Waals surface area contributed by atoms with Gasteiger partial charge in [0.2, 0.25) is 10.3 Å². The monoisotopic (exact) mass is 470 g/mol. The summed E-state index contributed by atoms with van der Waals surface area (Å²) in [5, 5.41) is 8.85. The fourth-order valence-electron chi connectivity index (χ4n) is 3.30. The molecule has 0 spiro atoms. The Bertz CT molecular complexity index is 1270. The van der Waals surface area contributed by atoms with E-state index in [2.05, 4.69) is 35.2 Å². The van der Waals surface area contributed by atoms with Crippen molar-refractivity contribution in [3.05, 3.63) is 48.4 Å². The Labute approximate surface area is 191 Å². The molecule has 12 heteroatoms. The van der Waals surface area contributed by atoms with Crippen LogP contribution in [0.15, 0.2) is 47.2 Å². The molecule has 1 atom stereocenters. The summed E-state index contributed by atoms with van der Waals surface area (Å²) in [6.07, 6.45) is 1.35. The summed E-state index contributed by atoms with van der Waals surface area (Å²) in [7, 11) is -2.41. The largest absolute Gasteiger partial charge is 0.377 e. The Morgan fingerprint density at radius 3 is 2.61 bits per heavy atom. The second-order valence-corrected chi connectivity index (χ2v) is 8.47. The Morgan fingerprint density at radius 2 is 1.94 bits per heavy atom. The van der Waals surface area contributed by atoms with E-state index in [0.717, 1.165) is 0 Å². The van der Waals surface area contributed by atoms with Crippen LogP contribution in [0.5, 0.6) is 0 Å². The molecule has 0 unspecified atom stereocenters. The average Bonchev–Trinajstić information content (AvgIpc) is 3.32. The molecule has 3 heterocycles. The predicted octanol–water partition coefficient (Wildman–Crippen LogP) is 2.42. The number of ether oxygens (including phenoxy) is 1. The number of morpholine rings is 1. The number of hydrogen-bond donors (Lipinski definition) is 2. The van der Waals surface area contributed by atoms with Gasteiger partial charge >= 0.3 is 6.03 Å². The van der Waals surface area contributed by atoms with Crippen molar-refractivity contribution in [3.8, 4) is 11.4 Å². The molecule has 0 radical (unpaired) electrons. The molecule has 1 aliphatic heterocycles. The zero-order valence-corrected chi connectivity index (χ0v) is 18.8. The van der Waals surface area contributed by atoms with Gasteiger partial charge in [0.25, 0.3) is 0 Å². The van der Waals surface area contributed by atoms with Gasteiger partial charge in [-0.25, -0.2) is 14.8 Å². The number of nitrogens with one attached hydrogen (secondary N) is 2. The zero-order valence-electron chi connectivity index (χ0n) is 18.0. The number of rotatable bonds is 5. The second-order valence-electron chi connectivity index (χ2n) is 7.38. The fourth-order valence-corrected chi connectivity index (χ4v) is 3.58. The molecular formula is C21H22N6O5S. The van der Waals surface area contributed by atoms with E-state index in [0.29, 0.717) is 54.2 Å². The fraction of sp³-hybridized carbons (Fsp3) is 0.286. The van der Waals surface area contributed by atoms with E-state index < -0.39 is 16.3 Å². The Balaban J connectivity index is 1.61. The van der Waals surface area contributed by atoms with E-state index in [1.54, 1.807) is 30.3 Å². The maximum atomic E-state index is 12.1. The van der Waals surface area contributed by atoms with Gasteiger partial charge in [0.05, 0.1) is 29.8 Å². The van der Waals surface area contributed by atoms with Crippen LogP contribution in [0.1, 0.15) is 19.5 Å². The summed E-state index contributed by atoms with van der Waals surface area (Å²) in [6, 6.07) is 9.72. The van der Waals surface area contributed by atoms with Gasteiger partial charge in [-0.05, 0) is 38.1 Å². The van der Waals surface area contributed by atoms with Gasteiger partial charge in [-0.2, -0.15) is 8.42 Å². The Hall–Kier alpha value is -3.77. The van der Waals surface area contributed by atoms with Gasteiger partial charge in [0, 0.05) is 29.9 Å². The molecule has 0 saturated carbocycles. The first-order chi connectivity index (χ1) is 15.9. The van der Waals surface area contributed by atoms with E-state index in [-0.39, 0.29) is 10.9 Å². The third-order valence-electron chi connectivity index (χ3n) is 5.07. The van der Waals surface area contributed by atoms with Gasteiger partial charge in [0.15, 0.2) is 11.6 Å². The first-order valence-electron chi connectivity index (χ1n) is 10.2. The van der Waals surface area contributed by atoms with Crippen molar-refractivity contribution >= 4 is 38.5 Å². The normalized spacial score (nSPS) is 15.7. The number of nitrogens with zero attached hydrogens (tertiary/aromatic N) is 4.